The van der Waals surface area contributed by atoms with E-state index in [1.54, 1.807) is 0 Å². The van der Waals surface area contributed by atoms with Gasteiger partial charge >= 0.3 is 0 Å². The minimum Gasteiger partial charge on any atom is -0.325 e. The van der Waals surface area contributed by atoms with Gasteiger partial charge in [0, 0.05) is 17.3 Å². The van der Waals surface area contributed by atoms with Crippen molar-refractivity contribution in [2.45, 2.75) is 20.4 Å². The number of amides is 1. The highest BCUT2D eigenvalue weighted by Crippen LogP contribution is 2.22. The maximum atomic E-state index is 12.1. The molecule has 0 aliphatic rings. The maximum Gasteiger partial charge on any atom is 0.238 e. The van der Waals surface area contributed by atoms with Crippen molar-refractivity contribution in [1.82, 2.24) is 4.90 Å². The third kappa shape index (κ3) is 4.58. The number of halogens is 1. The third-order valence-electron chi connectivity index (χ3n) is 3.53. The van der Waals surface area contributed by atoms with Crippen LogP contribution in [0.25, 0.3) is 0 Å². The quantitative estimate of drug-likeness (QED) is 0.903. The Morgan fingerprint density at radius 2 is 1.82 bits per heavy atom. The van der Waals surface area contributed by atoms with E-state index in [1.807, 2.05) is 37.1 Å². The standard InChI is InChI=1S/C18H21ClN2O/c1-13-7-9-15(10-8-13)11-21(3)12-18(22)20-17-6-4-5-16(19)14(17)2/h4-10H,11-12H2,1-3H3,(H,20,22). The van der Waals surface area contributed by atoms with Crippen molar-refractivity contribution in [1.29, 1.82) is 0 Å². The van der Waals surface area contributed by atoms with Gasteiger partial charge in [-0.25, -0.2) is 0 Å². The molecular weight excluding hydrogens is 296 g/mol. The van der Waals surface area contributed by atoms with Gasteiger partial charge in [0.1, 0.15) is 0 Å². The van der Waals surface area contributed by atoms with Crippen molar-refractivity contribution < 1.29 is 4.79 Å². The molecule has 1 amide bonds. The lowest BCUT2D eigenvalue weighted by Gasteiger charge is -2.17. The number of carbonyl (C=O) groups is 1. The Kier molecular flexibility index (Phi) is 5.58. The molecule has 1 N–H and O–H groups in total. The summed E-state index contributed by atoms with van der Waals surface area (Å²) in [5, 5.41) is 3.57. The summed E-state index contributed by atoms with van der Waals surface area (Å²) in [4.78, 5) is 14.1. The highest BCUT2D eigenvalue weighted by atomic mass is 35.5. The lowest BCUT2D eigenvalue weighted by molar-refractivity contribution is -0.117. The number of aryl methyl sites for hydroxylation is 1. The van der Waals surface area contributed by atoms with E-state index in [0.29, 0.717) is 11.6 Å². The average molecular weight is 317 g/mol. The van der Waals surface area contributed by atoms with Gasteiger partial charge in [-0.1, -0.05) is 47.5 Å². The van der Waals surface area contributed by atoms with Crippen LogP contribution in [0.3, 0.4) is 0 Å². The molecule has 0 saturated carbocycles. The van der Waals surface area contributed by atoms with Gasteiger partial charge in [-0.15, -0.1) is 0 Å². The van der Waals surface area contributed by atoms with E-state index in [0.717, 1.165) is 17.8 Å². The molecule has 2 rings (SSSR count). The second-order valence-corrected chi connectivity index (χ2v) is 6.03. The molecule has 0 saturated heterocycles. The van der Waals surface area contributed by atoms with Gasteiger partial charge in [0.2, 0.25) is 5.91 Å². The molecule has 0 fully saturated rings. The van der Waals surface area contributed by atoms with Crippen LogP contribution in [0, 0.1) is 13.8 Å². The second-order valence-electron chi connectivity index (χ2n) is 5.62. The monoisotopic (exact) mass is 316 g/mol. The zero-order valence-electron chi connectivity index (χ0n) is 13.2. The Morgan fingerprint density at radius 1 is 1.14 bits per heavy atom. The van der Waals surface area contributed by atoms with Gasteiger partial charge < -0.3 is 5.32 Å². The van der Waals surface area contributed by atoms with Crippen LogP contribution in [0.1, 0.15) is 16.7 Å². The molecule has 116 valence electrons. The number of carbonyl (C=O) groups excluding carboxylic acids is 1. The van der Waals surface area contributed by atoms with Gasteiger partial charge in [0.15, 0.2) is 0 Å². The zero-order chi connectivity index (χ0) is 16.1. The number of nitrogens with one attached hydrogen (secondary N) is 1. The Labute approximate surface area is 136 Å². The summed E-state index contributed by atoms with van der Waals surface area (Å²) in [6, 6.07) is 13.9. The van der Waals surface area contributed by atoms with Gasteiger partial charge in [-0.3, -0.25) is 9.69 Å². The predicted molar refractivity (Wildman–Crippen MR) is 92.3 cm³/mol. The molecule has 0 aliphatic heterocycles. The number of likely N-dealkylation sites (N-methyl/N-ethyl adjacent to an activating group) is 1. The van der Waals surface area contributed by atoms with E-state index in [1.165, 1.54) is 11.1 Å². The van der Waals surface area contributed by atoms with Gasteiger partial charge in [0.05, 0.1) is 6.54 Å². The molecule has 22 heavy (non-hydrogen) atoms. The lowest BCUT2D eigenvalue weighted by Crippen LogP contribution is -2.30. The molecule has 0 radical (unpaired) electrons. The molecule has 0 bridgehead atoms. The first-order valence-corrected chi connectivity index (χ1v) is 7.62. The van der Waals surface area contributed by atoms with E-state index >= 15 is 0 Å². The van der Waals surface area contributed by atoms with Crippen LogP contribution >= 0.6 is 11.6 Å². The Bertz CT molecular complexity index is 653. The van der Waals surface area contributed by atoms with E-state index in [4.69, 9.17) is 11.6 Å². The first kappa shape index (κ1) is 16.5. The van der Waals surface area contributed by atoms with Crippen molar-refractivity contribution in [3.05, 3.63) is 64.2 Å². The predicted octanol–water partition coefficient (Wildman–Crippen LogP) is 4.03. The molecule has 0 aliphatic carbocycles. The minimum absolute atomic E-state index is 0.0417. The number of hydrogen-bond acceptors (Lipinski definition) is 2. The number of anilines is 1. The highest BCUT2D eigenvalue weighted by molar-refractivity contribution is 6.31. The Balaban J connectivity index is 1.91. The molecule has 0 heterocycles. The number of benzene rings is 2. The van der Waals surface area contributed by atoms with Crippen molar-refractivity contribution in [3.63, 3.8) is 0 Å². The molecule has 0 unspecified atom stereocenters. The summed E-state index contributed by atoms with van der Waals surface area (Å²) in [7, 11) is 1.93. The summed E-state index contributed by atoms with van der Waals surface area (Å²) < 4.78 is 0. The van der Waals surface area contributed by atoms with Gasteiger partial charge in [-0.2, -0.15) is 0 Å². The second kappa shape index (κ2) is 7.43. The number of nitrogens with zero attached hydrogens (tertiary/aromatic N) is 1. The number of hydrogen-bond donors (Lipinski definition) is 1. The van der Waals surface area contributed by atoms with Crippen molar-refractivity contribution in [3.8, 4) is 0 Å². The van der Waals surface area contributed by atoms with Gasteiger partial charge in [0.25, 0.3) is 0 Å². The summed E-state index contributed by atoms with van der Waals surface area (Å²) in [5.74, 6) is -0.0417. The van der Waals surface area contributed by atoms with E-state index in [2.05, 4.69) is 36.5 Å². The van der Waals surface area contributed by atoms with Crippen LogP contribution in [0.15, 0.2) is 42.5 Å². The van der Waals surface area contributed by atoms with E-state index in [9.17, 15) is 4.79 Å². The first-order chi connectivity index (χ1) is 10.5. The van der Waals surface area contributed by atoms with Crippen molar-refractivity contribution >= 4 is 23.2 Å². The number of rotatable bonds is 5. The fraction of sp³-hybridized carbons (Fsp3) is 0.278. The molecular formula is C18H21ClN2O. The summed E-state index contributed by atoms with van der Waals surface area (Å²) >= 11 is 6.06. The fourth-order valence-corrected chi connectivity index (χ4v) is 2.41. The van der Waals surface area contributed by atoms with E-state index < -0.39 is 0 Å². The van der Waals surface area contributed by atoms with Crippen LogP contribution in [0.2, 0.25) is 5.02 Å². The molecule has 4 heteroatoms. The molecule has 3 nitrogen and oxygen atoms in total. The van der Waals surface area contributed by atoms with Crippen molar-refractivity contribution in [2.75, 3.05) is 18.9 Å². The van der Waals surface area contributed by atoms with Crippen molar-refractivity contribution in [2.24, 2.45) is 0 Å². The van der Waals surface area contributed by atoms with Crippen LogP contribution < -0.4 is 5.32 Å². The zero-order valence-corrected chi connectivity index (χ0v) is 13.9. The largest absolute Gasteiger partial charge is 0.325 e. The third-order valence-corrected chi connectivity index (χ3v) is 3.94. The topological polar surface area (TPSA) is 32.3 Å². The molecule has 0 atom stereocenters. The highest BCUT2D eigenvalue weighted by Gasteiger charge is 2.10. The van der Waals surface area contributed by atoms with Crippen LogP contribution in [0.4, 0.5) is 5.69 Å². The molecule has 2 aromatic rings. The van der Waals surface area contributed by atoms with Crippen LogP contribution in [-0.4, -0.2) is 24.4 Å². The lowest BCUT2D eigenvalue weighted by atomic mass is 10.1. The average Bonchev–Trinajstić information content (AvgIpc) is 2.46. The molecule has 0 aromatic heterocycles. The Morgan fingerprint density at radius 3 is 2.50 bits per heavy atom. The SMILES string of the molecule is Cc1ccc(CN(C)CC(=O)Nc2cccc(Cl)c2C)cc1. The normalized spacial score (nSPS) is 10.8. The smallest absolute Gasteiger partial charge is 0.238 e. The molecule has 0 spiro atoms. The summed E-state index contributed by atoms with van der Waals surface area (Å²) in [5.41, 5.74) is 4.08. The minimum atomic E-state index is -0.0417. The van der Waals surface area contributed by atoms with Crippen LogP contribution in [0.5, 0.6) is 0 Å². The first-order valence-electron chi connectivity index (χ1n) is 7.25. The summed E-state index contributed by atoms with van der Waals surface area (Å²) in [6.07, 6.45) is 0. The van der Waals surface area contributed by atoms with Gasteiger partial charge in [-0.05, 0) is 44.2 Å². The maximum absolute atomic E-state index is 12.1. The Hall–Kier alpha value is -1.84. The van der Waals surface area contributed by atoms with E-state index in [-0.39, 0.29) is 5.91 Å². The van der Waals surface area contributed by atoms with Crippen LogP contribution in [-0.2, 0) is 11.3 Å². The molecule has 2 aromatic carbocycles. The fourth-order valence-electron chi connectivity index (χ4n) is 2.24. The summed E-state index contributed by atoms with van der Waals surface area (Å²) in [6.45, 7) is 5.03.